The Morgan fingerprint density at radius 1 is 0.962 bits per heavy atom. The highest BCUT2D eigenvalue weighted by Crippen LogP contribution is 2.20. The van der Waals surface area contributed by atoms with Crippen molar-refractivity contribution in [3.8, 4) is 0 Å². The molecule has 3 rings (SSSR count). The Hall–Kier alpha value is -2.62. The van der Waals surface area contributed by atoms with Crippen molar-refractivity contribution in [1.82, 2.24) is 10.2 Å². The van der Waals surface area contributed by atoms with Crippen LogP contribution in [0.2, 0.25) is 0 Å². The number of amides is 2. The molecule has 0 radical (unpaired) electrons. The maximum Gasteiger partial charge on any atom is 0.254 e. The number of likely N-dealkylation sites (tertiary alicyclic amines) is 1. The van der Waals surface area contributed by atoms with Crippen LogP contribution in [0.3, 0.4) is 0 Å². The number of hydrogen-bond donors (Lipinski definition) is 1. The third kappa shape index (κ3) is 4.13. The predicted octanol–water partition coefficient (Wildman–Crippen LogP) is 3.47. The summed E-state index contributed by atoms with van der Waals surface area (Å²) in [7, 11) is 0. The van der Waals surface area contributed by atoms with Crippen LogP contribution in [0.15, 0.2) is 48.5 Å². The molecule has 136 valence electrons. The van der Waals surface area contributed by atoms with E-state index in [1.807, 2.05) is 54.3 Å². The average molecular weight is 350 g/mol. The molecular formula is C22H26N2O2. The Bertz CT molecular complexity index is 792. The highest BCUT2D eigenvalue weighted by Gasteiger charge is 2.28. The Kier molecular flexibility index (Phi) is 5.71. The van der Waals surface area contributed by atoms with E-state index in [9.17, 15) is 9.59 Å². The SMILES string of the molecule is Cc1ccccc1CNC(=O)C1CCN(C(=O)c2ccccc2C)CC1. The number of rotatable bonds is 4. The summed E-state index contributed by atoms with van der Waals surface area (Å²) in [5.74, 6) is 0.151. The van der Waals surface area contributed by atoms with Gasteiger partial charge in [0, 0.05) is 31.1 Å². The Labute approximate surface area is 155 Å². The highest BCUT2D eigenvalue weighted by molar-refractivity contribution is 5.95. The van der Waals surface area contributed by atoms with Crippen molar-refractivity contribution >= 4 is 11.8 Å². The van der Waals surface area contributed by atoms with E-state index in [2.05, 4.69) is 18.3 Å². The maximum atomic E-state index is 12.7. The Balaban J connectivity index is 1.52. The molecule has 4 heteroatoms. The van der Waals surface area contributed by atoms with Crippen LogP contribution in [0.5, 0.6) is 0 Å². The zero-order valence-corrected chi connectivity index (χ0v) is 15.5. The molecule has 0 atom stereocenters. The van der Waals surface area contributed by atoms with E-state index in [-0.39, 0.29) is 17.7 Å². The van der Waals surface area contributed by atoms with Gasteiger partial charge < -0.3 is 10.2 Å². The zero-order valence-electron chi connectivity index (χ0n) is 15.5. The molecule has 26 heavy (non-hydrogen) atoms. The summed E-state index contributed by atoms with van der Waals surface area (Å²) < 4.78 is 0. The minimum absolute atomic E-state index is 0.0139. The van der Waals surface area contributed by atoms with E-state index in [4.69, 9.17) is 0 Å². The van der Waals surface area contributed by atoms with E-state index in [0.717, 1.165) is 29.5 Å². The molecule has 2 aromatic carbocycles. The van der Waals surface area contributed by atoms with E-state index in [0.29, 0.717) is 19.6 Å². The minimum Gasteiger partial charge on any atom is -0.352 e. The lowest BCUT2D eigenvalue weighted by Crippen LogP contribution is -2.43. The largest absolute Gasteiger partial charge is 0.352 e. The molecule has 1 N–H and O–H groups in total. The summed E-state index contributed by atoms with van der Waals surface area (Å²) in [5.41, 5.74) is 4.09. The summed E-state index contributed by atoms with van der Waals surface area (Å²) in [6.45, 7) is 5.84. The van der Waals surface area contributed by atoms with E-state index in [1.165, 1.54) is 5.56 Å². The van der Waals surface area contributed by atoms with Crippen molar-refractivity contribution in [2.24, 2.45) is 5.92 Å². The first-order valence-electron chi connectivity index (χ1n) is 9.23. The normalized spacial score (nSPS) is 14.9. The third-order valence-corrected chi connectivity index (χ3v) is 5.24. The lowest BCUT2D eigenvalue weighted by molar-refractivity contribution is -0.126. The Morgan fingerprint density at radius 2 is 1.58 bits per heavy atom. The molecular weight excluding hydrogens is 324 g/mol. The van der Waals surface area contributed by atoms with Gasteiger partial charge in [-0.1, -0.05) is 42.5 Å². The van der Waals surface area contributed by atoms with Crippen LogP contribution in [0, 0.1) is 19.8 Å². The van der Waals surface area contributed by atoms with E-state index in [1.54, 1.807) is 0 Å². The smallest absolute Gasteiger partial charge is 0.254 e. The molecule has 1 fully saturated rings. The van der Waals surface area contributed by atoms with Crippen LogP contribution >= 0.6 is 0 Å². The fourth-order valence-electron chi connectivity index (χ4n) is 3.46. The molecule has 2 aromatic rings. The van der Waals surface area contributed by atoms with Crippen molar-refractivity contribution in [3.63, 3.8) is 0 Å². The molecule has 0 saturated carbocycles. The number of hydrogen-bond acceptors (Lipinski definition) is 2. The molecule has 0 bridgehead atoms. The number of nitrogens with one attached hydrogen (secondary N) is 1. The minimum atomic E-state index is -0.0139. The lowest BCUT2D eigenvalue weighted by Gasteiger charge is -2.31. The van der Waals surface area contributed by atoms with Crippen LogP contribution in [0.25, 0.3) is 0 Å². The second-order valence-corrected chi connectivity index (χ2v) is 7.03. The number of aryl methyl sites for hydroxylation is 2. The summed E-state index contributed by atoms with van der Waals surface area (Å²) >= 11 is 0. The second kappa shape index (κ2) is 8.17. The monoisotopic (exact) mass is 350 g/mol. The van der Waals surface area contributed by atoms with Crippen LogP contribution in [-0.2, 0) is 11.3 Å². The van der Waals surface area contributed by atoms with Gasteiger partial charge in [-0.15, -0.1) is 0 Å². The summed E-state index contributed by atoms with van der Waals surface area (Å²) in [6, 6.07) is 15.8. The van der Waals surface area contributed by atoms with Crippen LogP contribution < -0.4 is 5.32 Å². The highest BCUT2D eigenvalue weighted by atomic mass is 16.2. The number of carbonyl (C=O) groups excluding carboxylic acids is 2. The van der Waals surface area contributed by atoms with Gasteiger partial charge in [-0.2, -0.15) is 0 Å². The van der Waals surface area contributed by atoms with Gasteiger partial charge in [0.2, 0.25) is 5.91 Å². The molecule has 4 nitrogen and oxygen atoms in total. The van der Waals surface area contributed by atoms with Gasteiger partial charge in [0.15, 0.2) is 0 Å². The molecule has 2 amide bonds. The zero-order chi connectivity index (χ0) is 18.5. The van der Waals surface area contributed by atoms with Gasteiger partial charge in [-0.25, -0.2) is 0 Å². The molecule has 1 heterocycles. The van der Waals surface area contributed by atoms with Crippen molar-refractivity contribution in [1.29, 1.82) is 0 Å². The number of benzene rings is 2. The number of piperidine rings is 1. The predicted molar refractivity (Wildman–Crippen MR) is 103 cm³/mol. The molecule has 1 aliphatic heterocycles. The van der Waals surface area contributed by atoms with Crippen LogP contribution in [-0.4, -0.2) is 29.8 Å². The van der Waals surface area contributed by atoms with E-state index < -0.39 is 0 Å². The third-order valence-electron chi connectivity index (χ3n) is 5.24. The fourth-order valence-corrected chi connectivity index (χ4v) is 3.46. The molecule has 1 aliphatic rings. The summed E-state index contributed by atoms with van der Waals surface area (Å²) in [4.78, 5) is 27.0. The lowest BCUT2D eigenvalue weighted by atomic mass is 9.95. The first kappa shape index (κ1) is 18.2. The van der Waals surface area contributed by atoms with Crippen molar-refractivity contribution in [2.75, 3.05) is 13.1 Å². The van der Waals surface area contributed by atoms with E-state index >= 15 is 0 Å². The topological polar surface area (TPSA) is 49.4 Å². The maximum absolute atomic E-state index is 12.7. The summed E-state index contributed by atoms with van der Waals surface area (Å²) in [6.07, 6.45) is 1.44. The van der Waals surface area contributed by atoms with Gasteiger partial charge in [-0.3, -0.25) is 9.59 Å². The average Bonchev–Trinajstić information content (AvgIpc) is 2.67. The number of nitrogens with zero attached hydrogens (tertiary/aromatic N) is 1. The van der Waals surface area contributed by atoms with Gasteiger partial charge >= 0.3 is 0 Å². The standard InChI is InChI=1S/C22H26N2O2/c1-16-7-3-5-9-19(16)15-23-21(25)18-11-13-24(14-12-18)22(26)20-10-6-4-8-17(20)2/h3-10,18H,11-15H2,1-2H3,(H,23,25). The molecule has 0 aromatic heterocycles. The first-order chi connectivity index (χ1) is 12.6. The Morgan fingerprint density at radius 3 is 2.23 bits per heavy atom. The molecule has 0 unspecified atom stereocenters. The molecule has 0 spiro atoms. The number of carbonyl (C=O) groups is 2. The first-order valence-corrected chi connectivity index (χ1v) is 9.23. The van der Waals surface area contributed by atoms with Crippen molar-refractivity contribution in [2.45, 2.75) is 33.2 Å². The van der Waals surface area contributed by atoms with Crippen molar-refractivity contribution in [3.05, 3.63) is 70.8 Å². The van der Waals surface area contributed by atoms with Gasteiger partial charge in [0.1, 0.15) is 0 Å². The van der Waals surface area contributed by atoms with Crippen molar-refractivity contribution < 1.29 is 9.59 Å². The van der Waals surface area contributed by atoms with Gasteiger partial charge in [0.05, 0.1) is 0 Å². The van der Waals surface area contributed by atoms with Crippen LogP contribution in [0.4, 0.5) is 0 Å². The van der Waals surface area contributed by atoms with Gasteiger partial charge in [-0.05, 0) is 49.4 Å². The second-order valence-electron chi connectivity index (χ2n) is 7.03. The van der Waals surface area contributed by atoms with Crippen LogP contribution in [0.1, 0.15) is 39.9 Å². The quantitative estimate of drug-likeness (QED) is 0.918. The molecule has 0 aliphatic carbocycles. The fraction of sp³-hybridized carbons (Fsp3) is 0.364. The molecule has 1 saturated heterocycles. The summed E-state index contributed by atoms with van der Waals surface area (Å²) in [5, 5.41) is 3.05. The van der Waals surface area contributed by atoms with Gasteiger partial charge in [0.25, 0.3) is 5.91 Å².